The zero-order chi connectivity index (χ0) is 21.4. The van der Waals surface area contributed by atoms with E-state index in [2.05, 4.69) is 22.2 Å². The number of hydrogen-bond donors (Lipinski definition) is 0. The first-order chi connectivity index (χ1) is 15.1. The SMILES string of the molecule is Cc1nn(-c2ccc(-c3noc(C4CCCC4)n3)cc2)cc1C(=O)N1CCC(C)CC1. The van der Waals surface area contributed by atoms with Gasteiger partial charge in [-0.2, -0.15) is 10.1 Å². The van der Waals surface area contributed by atoms with E-state index in [4.69, 9.17) is 4.52 Å². The summed E-state index contributed by atoms with van der Waals surface area (Å²) in [6, 6.07) is 7.90. The molecule has 1 saturated carbocycles. The monoisotopic (exact) mass is 419 g/mol. The average molecular weight is 420 g/mol. The number of aryl methyl sites for hydroxylation is 1. The molecule has 7 heteroatoms. The summed E-state index contributed by atoms with van der Waals surface area (Å²) in [6.45, 7) is 5.80. The predicted molar refractivity (Wildman–Crippen MR) is 117 cm³/mol. The minimum Gasteiger partial charge on any atom is -0.339 e. The zero-order valence-electron chi connectivity index (χ0n) is 18.3. The second kappa shape index (κ2) is 8.29. The highest BCUT2D eigenvalue weighted by Crippen LogP contribution is 2.34. The molecule has 0 spiro atoms. The highest BCUT2D eigenvalue weighted by molar-refractivity contribution is 5.95. The first kappa shape index (κ1) is 20.0. The molecule has 1 aromatic carbocycles. The molecule has 1 aliphatic heterocycles. The standard InChI is InChI=1S/C24H29N5O2/c1-16-11-13-28(14-12-16)24(30)21-15-29(26-17(21)2)20-9-7-18(8-10-20)22-25-23(31-27-22)19-5-3-4-6-19/h7-10,15-16,19H,3-6,11-14H2,1-2H3. The summed E-state index contributed by atoms with van der Waals surface area (Å²) in [5, 5.41) is 8.76. The molecule has 1 amide bonds. The topological polar surface area (TPSA) is 77.0 Å². The van der Waals surface area contributed by atoms with Crippen LogP contribution in [0.4, 0.5) is 0 Å². The van der Waals surface area contributed by atoms with Crippen LogP contribution in [0.1, 0.15) is 73.3 Å². The molecule has 2 aromatic heterocycles. The third kappa shape index (κ3) is 4.01. The maximum Gasteiger partial charge on any atom is 0.257 e. The van der Waals surface area contributed by atoms with Crippen molar-refractivity contribution in [1.29, 1.82) is 0 Å². The number of likely N-dealkylation sites (tertiary alicyclic amines) is 1. The Kier molecular flexibility index (Phi) is 5.34. The molecular weight excluding hydrogens is 390 g/mol. The smallest absolute Gasteiger partial charge is 0.257 e. The van der Waals surface area contributed by atoms with Gasteiger partial charge < -0.3 is 9.42 Å². The van der Waals surface area contributed by atoms with Crippen LogP contribution in [0.25, 0.3) is 17.1 Å². The van der Waals surface area contributed by atoms with Crippen LogP contribution in [-0.2, 0) is 0 Å². The van der Waals surface area contributed by atoms with Crippen molar-refractivity contribution in [2.75, 3.05) is 13.1 Å². The molecule has 0 unspecified atom stereocenters. The third-order valence-corrected chi connectivity index (χ3v) is 6.74. The summed E-state index contributed by atoms with van der Waals surface area (Å²) in [4.78, 5) is 19.5. The van der Waals surface area contributed by atoms with Crippen LogP contribution in [0.3, 0.4) is 0 Å². The Hall–Kier alpha value is -2.96. The molecule has 0 bridgehead atoms. The van der Waals surface area contributed by atoms with E-state index in [0.717, 1.165) is 61.6 Å². The van der Waals surface area contributed by atoms with Gasteiger partial charge in [0.15, 0.2) is 0 Å². The van der Waals surface area contributed by atoms with Gasteiger partial charge >= 0.3 is 0 Å². The van der Waals surface area contributed by atoms with E-state index < -0.39 is 0 Å². The number of hydrogen-bond acceptors (Lipinski definition) is 5. The fourth-order valence-corrected chi connectivity index (χ4v) is 4.64. The highest BCUT2D eigenvalue weighted by Gasteiger charge is 2.25. The molecule has 0 atom stereocenters. The lowest BCUT2D eigenvalue weighted by atomic mass is 9.99. The largest absolute Gasteiger partial charge is 0.339 e. The Morgan fingerprint density at radius 3 is 2.48 bits per heavy atom. The Morgan fingerprint density at radius 2 is 1.77 bits per heavy atom. The number of amides is 1. The molecule has 3 heterocycles. The second-order valence-corrected chi connectivity index (χ2v) is 9.03. The van der Waals surface area contributed by atoms with E-state index >= 15 is 0 Å². The second-order valence-electron chi connectivity index (χ2n) is 9.03. The van der Waals surface area contributed by atoms with Crippen LogP contribution < -0.4 is 0 Å². The average Bonchev–Trinajstić information content (AvgIpc) is 3.54. The van der Waals surface area contributed by atoms with E-state index in [0.29, 0.717) is 23.2 Å². The van der Waals surface area contributed by atoms with E-state index in [1.54, 1.807) is 4.68 Å². The summed E-state index contributed by atoms with van der Waals surface area (Å²) in [5.41, 5.74) is 3.25. The summed E-state index contributed by atoms with van der Waals surface area (Å²) in [5.74, 6) is 2.57. The number of piperidine rings is 1. The Balaban J connectivity index is 1.32. The lowest BCUT2D eigenvalue weighted by Gasteiger charge is -2.30. The molecular formula is C24H29N5O2. The van der Waals surface area contributed by atoms with Crippen LogP contribution in [-0.4, -0.2) is 43.8 Å². The van der Waals surface area contributed by atoms with Gasteiger partial charge in [-0.25, -0.2) is 4.68 Å². The molecule has 2 fully saturated rings. The van der Waals surface area contributed by atoms with E-state index in [-0.39, 0.29) is 5.91 Å². The minimum absolute atomic E-state index is 0.0820. The molecule has 0 radical (unpaired) electrons. The number of nitrogens with zero attached hydrogens (tertiary/aromatic N) is 5. The van der Waals surface area contributed by atoms with E-state index in [1.165, 1.54) is 12.8 Å². The van der Waals surface area contributed by atoms with Gasteiger partial charge in [0.25, 0.3) is 5.91 Å². The van der Waals surface area contributed by atoms with Crippen molar-refractivity contribution in [1.82, 2.24) is 24.8 Å². The zero-order valence-corrected chi connectivity index (χ0v) is 18.3. The number of carbonyl (C=O) groups is 1. The maximum atomic E-state index is 13.0. The van der Waals surface area contributed by atoms with Crippen molar-refractivity contribution in [3.63, 3.8) is 0 Å². The Labute approximate surface area is 182 Å². The van der Waals surface area contributed by atoms with Gasteiger partial charge in [0.05, 0.1) is 16.9 Å². The summed E-state index contributed by atoms with van der Waals surface area (Å²) in [6.07, 6.45) is 8.73. The van der Waals surface area contributed by atoms with E-state index in [9.17, 15) is 4.79 Å². The summed E-state index contributed by atoms with van der Waals surface area (Å²) in [7, 11) is 0. The van der Waals surface area contributed by atoms with Crippen LogP contribution in [0.2, 0.25) is 0 Å². The molecule has 1 aliphatic carbocycles. The van der Waals surface area contributed by atoms with Crippen LogP contribution in [0.15, 0.2) is 35.0 Å². The van der Waals surface area contributed by atoms with Crippen molar-refractivity contribution >= 4 is 5.91 Å². The van der Waals surface area contributed by atoms with Gasteiger partial charge in [-0.15, -0.1) is 0 Å². The van der Waals surface area contributed by atoms with Gasteiger partial charge in [-0.1, -0.05) is 24.9 Å². The molecule has 3 aromatic rings. The number of benzene rings is 1. The van der Waals surface area contributed by atoms with Crippen LogP contribution in [0.5, 0.6) is 0 Å². The van der Waals surface area contributed by atoms with Gasteiger partial charge in [0.1, 0.15) is 0 Å². The first-order valence-electron chi connectivity index (χ1n) is 11.4. The van der Waals surface area contributed by atoms with Gasteiger partial charge in [0, 0.05) is 30.8 Å². The number of aromatic nitrogens is 4. The fourth-order valence-electron chi connectivity index (χ4n) is 4.64. The number of rotatable bonds is 4. The van der Waals surface area contributed by atoms with Crippen molar-refractivity contribution in [3.05, 3.63) is 47.6 Å². The highest BCUT2D eigenvalue weighted by atomic mass is 16.5. The fraction of sp³-hybridized carbons (Fsp3) is 0.500. The Morgan fingerprint density at radius 1 is 1.06 bits per heavy atom. The first-order valence-corrected chi connectivity index (χ1v) is 11.4. The third-order valence-electron chi connectivity index (χ3n) is 6.74. The van der Waals surface area contributed by atoms with E-state index in [1.807, 2.05) is 42.3 Å². The molecule has 162 valence electrons. The van der Waals surface area contributed by atoms with Gasteiger partial charge in [-0.05, 0) is 62.8 Å². The summed E-state index contributed by atoms with van der Waals surface area (Å²) >= 11 is 0. The molecule has 1 saturated heterocycles. The van der Waals surface area contributed by atoms with Crippen LogP contribution in [0, 0.1) is 12.8 Å². The normalized spacial score (nSPS) is 18.1. The molecule has 2 aliphatic rings. The lowest BCUT2D eigenvalue weighted by molar-refractivity contribution is 0.0696. The van der Waals surface area contributed by atoms with Crippen molar-refractivity contribution < 1.29 is 9.32 Å². The number of carbonyl (C=O) groups excluding carboxylic acids is 1. The van der Waals surface area contributed by atoms with Gasteiger partial charge in [-0.3, -0.25) is 4.79 Å². The van der Waals surface area contributed by atoms with Crippen molar-refractivity contribution in [3.8, 4) is 17.1 Å². The summed E-state index contributed by atoms with van der Waals surface area (Å²) < 4.78 is 7.28. The maximum absolute atomic E-state index is 13.0. The molecule has 0 N–H and O–H groups in total. The minimum atomic E-state index is 0.0820. The van der Waals surface area contributed by atoms with Crippen molar-refractivity contribution in [2.45, 2.75) is 58.3 Å². The molecule has 7 nitrogen and oxygen atoms in total. The predicted octanol–water partition coefficient (Wildman–Crippen LogP) is 4.76. The molecule has 31 heavy (non-hydrogen) atoms. The van der Waals surface area contributed by atoms with Crippen molar-refractivity contribution in [2.24, 2.45) is 5.92 Å². The van der Waals surface area contributed by atoms with Crippen LogP contribution >= 0.6 is 0 Å². The quantitative estimate of drug-likeness (QED) is 0.609. The Bertz CT molecular complexity index is 1050. The molecule has 5 rings (SSSR count). The van der Waals surface area contributed by atoms with Gasteiger partial charge in [0.2, 0.25) is 11.7 Å². The lowest BCUT2D eigenvalue weighted by Crippen LogP contribution is -2.38.